The lowest BCUT2D eigenvalue weighted by atomic mass is 10.3. The number of hydrogen-bond acceptors (Lipinski definition) is 2. The highest BCUT2D eigenvalue weighted by Gasteiger charge is 2.30. The third kappa shape index (κ3) is 2.67. The Hall–Kier alpha value is -0.290. The van der Waals surface area contributed by atoms with Crippen LogP contribution in [-0.4, -0.2) is 25.8 Å². The number of rotatable bonds is 3. The van der Waals surface area contributed by atoms with Crippen molar-refractivity contribution in [3.63, 3.8) is 0 Å². The average molecular weight is 308 g/mol. The van der Waals surface area contributed by atoms with Crippen molar-refractivity contribution >= 4 is 33.2 Å². The molecule has 18 heavy (non-hydrogen) atoms. The molecule has 1 aromatic rings. The van der Waals surface area contributed by atoms with Crippen molar-refractivity contribution in [1.29, 1.82) is 0 Å². The van der Waals surface area contributed by atoms with Gasteiger partial charge < -0.3 is 0 Å². The molecule has 100 valence electrons. The lowest BCUT2D eigenvalue weighted by Crippen LogP contribution is -2.35. The first-order valence-electron chi connectivity index (χ1n) is 5.86. The first-order valence-corrected chi connectivity index (χ1v) is 8.05. The molecular formula is C12H15Cl2NO2S. The van der Waals surface area contributed by atoms with Crippen molar-refractivity contribution in [3.8, 4) is 0 Å². The van der Waals surface area contributed by atoms with E-state index >= 15 is 0 Å². The van der Waals surface area contributed by atoms with Crippen LogP contribution in [-0.2, 0) is 10.0 Å². The van der Waals surface area contributed by atoms with Crippen LogP contribution < -0.4 is 0 Å². The third-order valence-electron chi connectivity index (χ3n) is 3.41. The van der Waals surface area contributed by atoms with Gasteiger partial charge in [-0.05, 0) is 31.0 Å². The van der Waals surface area contributed by atoms with Crippen LogP contribution in [0, 0.1) is 0 Å². The van der Waals surface area contributed by atoms with E-state index in [0.717, 1.165) is 25.7 Å². The number of nitrogens with zero attached hydrogens (tertiary/aromatic N) is 1. The largest absolute Gasteiger partial charge is 0.243 e. The number of benzene rings is 1. The van der Waals surface area contributed by atoms with Crippen LogP contribution in [0.25, 0.3) is 0 Å². The highest BCUT2D eigenvalue weighted by atomic mass is 35.5. The molecule has 3 nitrogen and oxygen atoms in total. The molecule has 0 aromatic heterocycles. The SMILES string of the molecule is CN(C1CCCC1)S(=O)(=O)c1ccc(Cl)c(Cl)c1. The fourth-order valence-corrected chi connectivity index (χ4v) is 4.07. The van der Waals surface area contributed by atoms with Crippen LogP contribution in [0.15, 0.2) is 23.1 Å². The first-order chi connectivity index (χ1) is 8.43. The van der Waals surface area contributed by atoms with Gasteiger partial charge in [0.1, 0.15) is 0 Å². The molecule has 0 amide bonds. The third-order valence-corrected chi connectivity index (χ3v) is 6.05. The van der Waals surface area contributed by atoms with Crippen molar-refractivity contribution in [2.24, 2.45) is 0 Å². The fraction of sp³-hybridized carbons (Fsp3) is 0.500. The standard InChI is InChI=1S/C12H15Cl2NO2S/c1-15(9-4-2-3-5-9)18(16,17)10-6-7-11(13)12(14)8-10/h6-9H,2-5H2,1H3. The van der Waals surface area contributed by atoms with Gasteiger partial charge in [-0.1, -0.05) is 36.0 Å². The summed E-state index contributed by atoms with van der Waals surface area (Å²) in [5, 5.41) is 0.622. The molecule has 0 bridgehead atoms. The van der Waals surface area contributed by atoms with Crippen molar-refractivity contribution in [3.05, 3.63) is 28.2 Å². The highest BCUT2D eigenvalue weighted by Crippen LogP contribution is 2.30. The lowest BCUT2D eigenvalue weighted by molar-refractivity contribution is 0.373. The van der Waals surface area contributed by atoms with E-state index in [-0.39, 0.29) is 16.0 Å². The second-order valence-electron chi connectivity index (χ2n) is 4.54. The zero-order valence-corrected chi connectivity index (χ0v) is 12.4. The van der Waals surface area contributed by atoms with Gasteiger partial charge in [-0.2, -0.15) is 4.31 Å². The van der Waals surface area contributed by atoms with Gasteiger partial charge >= 0.3 is 0 Å². The smallest absolute Gasteiger partial charge is 0.207 e. The monoisotopic (exact) mass is 307 g/mol. The fourth-order valence-electron chi connectivity index (χ4n) is 2.27. The van der Waals surface area contributed by atoms with Gasteiger partial charge in [-0.3, -0.25) is 0 Å². The van der Waals surface area contributed by atoms with Crippen LogP contribution in [0.2, 0.25) is 10.0 Å². The molecule has 0 spiro atoms. The lowest BCUT2D eigenvalue weighted by Gasteiger charge is -2.23. The summed E-state index contributed by atoms with van der Waals surface area (Å²) < 4.78 is 26.3. The predicted octanol–water partition coefficient (Wildman–Crippen LogP) is 3.56. The van der Waals surface area contributed by atoms with Gasteiger partial charge in [0.05, 0.1) is 14.9 Å². The van der Waals surface area contributed by atoms with Crippen LogP contribution in [0.4, 0.5) is 0 Å². The Morgan fingerprint density at radius 2 is 1.78 bits per heavy atom. The van der Waals surface area contributed by atoms with E-state index in [4.69, 9.17) is 23.2 Å². The minimum absolute atomic E-state index is 0.101. The Morgan fingerprint density at radius 3 is 2.33 bits per heavy atom. The van der Waals surface area contributed by atoms with Gasteiger partial charge in [-0.25, -0.2) is 8.42 Å². The van der Waals surface area contributed by atoms with Crippen LogP contribution in [0.3, 0.4) is 0 Å². The molecule has 1 saturated carbocycles. The summed E-state index contributed by atoms with van der Waals surface area (Å²) in [7, 11) is -1.84. The summed E-state index contributed by atoms with van der Waals surface area (Å²) in [5.74, 6) is 0. The van der Waals surface area contributed by atoms with Gasteiger partial charge in [0, 0.05) is 13.1 Å². The maximum atomic E-state index is 12.4. The molecule has 0 atom stereocenters. The van der Waals surface area contributed by atoms with Crippen LogP contribution >= 0.6 is 23.2 Å². The molecule has 0 saturated heterocycles. The Morgan fingerprint density at radius 1 is 1.17 bits per heavy atom. The molecule has 0 unspecified atom stereocenters. The molecule has 0 radical (unpaired) electrons. The molecule has 2 rings (SSSR count). The minimum Gasteiger partial charge on any atom is -0.207 e. The normalized spacial score (nSPS) is 17.6. The molecule has 1 aliphatic rings. The summed E-state index contributed by atoms with van der Waals surface area (Å²) in [6, 6.07) is 4.52. The van der Waals surface area contributed by atoms with E-state index in [2.05, 4.69) is 0 Å². The highest BCUT2D eigenvalue weighted by molar-refractivity contribution is 7.89. The van der Waals surface area contributed by atoms with Gasteiger partial charge in [0.15, 0.2) is 0 Å². The van der Waals surface area contributed by atoms with Crippen LogP contribution in [0.1, 0.15) is 25.7 Å². The average Bonchev–Trinajstić information content (AvgIpc) is 2.85. The maximum absolute atomic E-state index is 12.4. The summed E-state index contributed by atoms with van der Waals surface area (Å²) in [6.45, 7) is 0. The zero-order chi connectivity index (χ0) is 13.3. The molecule has 0 N–H and O–H groups in total. The van der Waals surface area contributed by atoms with Gasteiger partial charge in [-0.15, -0.1) is 0 Å². The van der Waals surface area contributed by atoms with Crippen molar-refractivity contribution in [2.45, 2.75) is 36.6 Å². The van der Waals surface area contributed by atoms with Crippen molar-refractivity contribution in [2.75, 3.05) is 7.05 Å². The second kappa shape index (κ2) is 5.37. The summed E-state index contributed by atoms with van der Waals surface area (Å²) in [6.07, 6.45) is 4.03. The Kier molecular flexibility index (Phi) is 4.22. The van der Waals surface area contributed by atoms with E-state index in [1.165, 1.54) is 22.5 Å². The Bertz CT molecular complexity index is 539. The summed E-state index contributed by atoms with van der Waals surface area (Å²) in [4.78, 5) is 0.200. The predicted molar refractivity (Wildman–Crippen MR) is 73.7 cm³/mol. The Balaban J connectivity index is 2.32. The quantitative estimate of drug-likeness (QED) is 0.856. The van der Waals surface area contributed by atoms with E-state index in [9.17, 15) is 8.42 Å². The van der Waals surface area contributed by atoms with Crippen molar-refractivity contribution < 1.29 is 8.42 Å². The molecule has 1 fully saturated rings. The number of hydrogen-bond donors (Lipinski definition) is 0. The Labute approximate surface area is 118 Å². The number of sulfonamides is 1. The summed E-state index contributed by atoms with van der Waals surface area (Å²) in [5.41, 5.74) is 0. The first kappa shape index (κ1) is 14.1. The topological polar surface area (TPSA) is 37.4 Å². The van der Waals surface area contributed by atoms with Gasteiger partial charge in [0.25, 0.3) is 0 Å². The molecule has 6 heteroatoms. The molecule has 0 aliphatic heterocycles. The van der Waals surface area contributed by atoms with Gasteiger partial charge in [0.2, 0.25) is 10.0 Å². The summed E-state index contributed by atoms with van der Waals surface area (Å²) >= 11 is 11.7. The zero-order valence-electron chi connectivity index (χ0n) is 10.1. The molecule has 0 heterocycles. The van der Waals surface area contributed by atoms with E-state index in [1.807, 2.05) is 0 Å². The van der Waals surface area contributed by atoms with Crippen LogP contribution in [0.5, 0.6) is 0 Å². The second-order valence-corrected chi connectivity index (χ2v) is 7.35. The van der Waals surface area contributed by atoms with E-state index in [1.54, 1.807) is 7.05 Å². The molecular weight excluding hydrogens is 293 g/mol. The minimum atomic E-state index is -3.47. The maximum Gasteiger partial charge on any atom is 0.243 e. The van der Waals surface area contributed by atoms with E-state index < -0.39 is 10.0 Å². The number of halogens is 2. The van der Waals surface area contributed by atoms with E-state index in [0.29, 0.717) is 5.02 Å². The molecule has 1 aromatic carbocycles. The van der Waals surface area contributed by atoms with Crippen molar-refractivity contribution in [1.82, 2.24) is 4.31 Å². The molecule has 1 aliphatic carbocycles.